The Balaban J connectivity index is 1.76. The Hall–Kier alpha value is -3.47. The van der Waals surface area contributed by atoms with Gasteiger partial charge in [-0.3, -0.25) is 9.59 Å². The lowest BCUT2D eigenvalue weighted by Crippen LogP contribution is -2.26. The third-order valence-corrected chi connectivity index (χ3v) is 6.51. The van der Waals surface area contributed by atoms with Crippen LogP contribution in [-0.2, 0) is 19.5 Å². The molecule has 4 nitrogen and oxygen atoms in total. The SMILES string of the molecule is CCc1c(C)c2c(c(C)c1-c1ccc(C)cc1)CN(C(=O)c1cc(F)cc(C(N)=O)c1)C2. The van der Waals surface area contributed by atoms with E-state index >= 15 is 0 Å². The van der Waals surface area contributed by atoms with Gasteiger partial charge >= 0.3 is 0 Å². The molecule has 2 amide bonds. The number of rotatable bonds is 4. The summed E-state index contributed by atoms with van der Waals surface area (Å²) in [6.07, 6.45) is 0.892. The van der Waals surface area contributed by atoms with Crippen LogP contribution in [0.2, 0.25) is 0 Å². The van der Waals surface area contributed by atoms with Crippen LogP contribution in [0.1, 0.15) is 61.0 Å². The number of carbonyl (C=O) groups excluding carboxylic acids is 2. The highest BCUT2D eigenvalue weighted by Crippen LogP contribution is 2.39. The van der Waals surface area contributed by atoms with Gasteiger partial charge in [-0.05, 0) is 84.3 Å². The van der Waals surface area contributed by atoms with Crippen molar-refractivity contribution in [1.82, 2.24) is 4.90 Å². The summed E-state index contributed by atoms with van der Waals surface area (Å²) < 4.78 is 14.0. The minimum Gasteiger partial charge on any atom is -0.366 e. The molecule has 32 heavy (non-hydrogen) atoms. The second-order valence-electron chi connectivity index (χ2n) is 8.53. The average Bonchev–Trinajstić information content (AvgIpc) is 3.22. The molecule has 0 saturated carbocycles. The lowest BCUT2D eigenvalue weighted by Gasteiger charge is -2.19. The number of halogens is 1. The number of nitrogens with zero attached hydrogens (tertiary/aromatic N) is 1. The molecule has 2 N–H and O–H groups in total. The van der Waals surface area contributed by atoms with Crippen LogP contribution in [0.5, 0.6) is 0 Å². The highest BCUT2D eigenvalue weighted by molar-refractivity contribution is 5.99. The van der Waals surface area contributed by atoms with Crippen LogP contribution in [0, 0.1) is 26.6 Å². The summed E-state index contributed by atoms with van der Waals surface area (Å²) >= 11 is 0. The van der Waals surface area contributed by atoms with Gasteiger partial charge in [-0.2, -0.15) is 0 Å². The molecule has 0 aliphatic carbocycles. The van der Waals surface area contributed by atoms with E-state index in [0.29, 0.717) is 13.1 Å². The first kappa shape index (κ1) is 21.8. The van der Waals surface area contributed by atoms with E-state index < -0.39 is 11.7 Å². The van der Waals surface area contributed by atoms with Crippen molar-refractivity contribution in [3.05, 3.63) is 92.8 Å². The Morgan fingerprint density at radius 1 is 0.938 bits per heavy atom. The molecule has 1 aliphatic heterocycles. The Labute approximate surface area is 187 Å². The van der Waals surface area contributed by atoms with Crippen molar-refractivity contribution >= 4 is 11.8 Å². The minimum absolute atomic E-state index is 0.00708. The maximum Gasteiger partial charge on any atom is 0.254 e. The van der Waals surface area contributed by atoms with Gasteiger partial charge in [-0.1, -0.05) is 36.8 Å². The summed E-state index contributed by atoms with van der Waals surface area (Å²) in [4.78, 5) is 26.4. The molecule has 0 atom stereocenters. The van der Waals surface area contributed by atoms with E-state index in [4.69, 9.17) is 5.73 Å². The molecule has 4 rings (SSSR count). The molecule has 0 saturated heterocycles. The van der Waals surface area contributed by atoms with Gasteiger partial charge in [-0.15, -0.1) is 0 Å². The first-order valence-electron chi connectivity index (χ1n) is 10.8. The van der Waals surface area contributed by atoms with Crippen molar-refractivity contribution in [2.24, 2.45) is 5.73 Å². The van der Waals surface area contributed by atoms with Crippen molar-refractivity contribution in [3.8, 4) is 11.1 Å². The molecule has 0 spiro atoms. The van der Waals surface area contributed by atoms with Crippen molar-refractivity contribution in [1.29, 1.82) is 0 Å². The highest BCUT2D eigenvalue weighted by atomic mass is 19.1. The largest absolute Gasteiger partial charge is 0.366 e. The standard InChI is InChI=1S/C27H27FN2O2/c1-5-22-16(3)23-13-30(27(32)20-10-19(26(29)31)11-21(28)12-20)14-24(23)17(4)25(22)18-8-6-15(2)7-9-18/h6-12H,5,13-14H2,1-4H3,(H2,29,31). The number of hydrogen-bond donors (Lipinski definition) is 1. The smallest absolute Gasteiger partial charge is 0.254 e. The van der Waals surface area contributed by atoms with E-state index in [2.05, 4.69) is 52.0 Å². The van der Waals surface area contributed by atoms with Gasteiger partial charge in [0, 0.05) is 24.2 Å². The predicted octanol–water partition coefficient (Wildman–Crippen LogP) is 5.24. The molecule has 0 radical (unpaired) electrons. The molecular weight excluding hydrogens is 403 g/mol. The average molecular weight is 431 g/mol. The summed E-state index contributed by atoms with van der Waals surface area (Å²) in [5, 5.41) is 0. The zero-order valence-electron chi connectivity index (χ0n) is 18.9. The number of fused-ring (bicyclic) bond motifs is 1. The third-order valence-electron chi connectivity index (χ3n) is 6.51. The molecule has 3 aromatic rings. The van der Waals surface area contributed by atoms with E-state index in [9.17, 15) is 14.0 Å². The van der Waals surface area contributed by atoms with E-state index in [-0.39, 0.29) is 17.0 Å². The Kier molecular flexibility index (Phi) is 5.59. The second-order valence-corrected chi connectivity index (χ2v) is 8.53. The van der Waals surface area contributed by atoms with Crippen LogP contribution in [0.4, 0.5) is 4.39 Å². The summed E-state index contributed by atoms with van der Waals surface area (Å²) in [6, 6.07) is 12.1. The van der Waals surface area contributed by atoms with Crippen molar-refractivity contribution < 1.29 is 14.0 Å². The molecule has 0 unspecified atom stereocenters. The van der Waals surface area contributed by atoms with Gasteiger partial charge < -0.3 is 10.6 Å². The van der Waals surface area contributed by atoms with Crippen molar-refractivity contribution in [2.75, 3.05) is 0 Å². The molecule has 0 aromatic heterocycles. The highest BCUT2D eigenvalue weighted by Gasteiger charge is 2.30. The zero-order chi connectivity index (χ0) is 23.2. The van der Waals surface area contributed by atoms with Crippen LogP contribution in [0.3, 0.4) is 0 Å². The van der Waals surface area contributed by atoms with Crippen molar-refractivity contribution in [3.63, 3.8) is 0 Å². The fourth-order valence-corrected chi connectivity index (χ4v) is 4.80. The van der Waals surface area contributed by atoms with E-state index in [1.165, 1.54) is 39.4 Å². The molecular formula is C27H27FN2O2. The molecule has 3 aromatic carbocycles. The van der Waals surface area contributed by atoms with E-state index in [1.807, 2.05) is 0 Å². The number of nitrogens with two attached hydrogens (primary N) is 1. The molecule has 1 aliphatic rings. The van der Waals surface area contributed by atoms with Gasteiger partial charge in [0.05, 0.1) is 0 Å². The monoisotopic (exact) mass is 430 g/mol. The maximum atomic E-state index is 14.0. The topological polar surface area (TPSA) is 63.4 Å². The van der Waals surface area contributed by atoms with Gasteiger partial charge in [0.2, 0.25) is 5.91 Å². The van der Waals surface area contributed by atoms with E-state index in [1.54, 1.807) is 4.90 Å². The summed E-state index contributed by atoms with van der Waals surface area (Å²) in [5.41, 5.74) is 15.0. The van der Waals surface area contributed by atoms with Crippen LogP contribution < -0.4 is 5.73 Å². The fraction of sp³-hybridized carbons (Fsp3) is 0.259. The molecule has 0 fully saturated rings. The van der Waals surface area contributed by atoms with E-state index in [0.717, 1.165) is 29.7 Å². The lowest BCUT2D eigenvalue weighted by molar-refractivity contribution is 0.0750. The minimum atomic E-state index is -0.759. The number of amides is 2. The number of carbonyl (C=O) groups is 2. The van der Waals surface area contributed by atoms with Gasteiger partial charge in [0.1, 0.15) is 5.82 Å². The maximum absolute atomic E-state index is 14.0. The number of benzene rings is 3. The number of primary amides is 1. The predicted molar refractivity (Wildman–Crippen MR) is 124 cm³/mol. The fourth-order valence-electron chi connectivity index (χ4n) is 4.80. The Bertz CT molecular complexity index is 1250. The number of hydrogen-bond acceptors (Lipinski definition) is 2. The first-order valence-corrected chi connectivity index (χ1v) is 10.8. The molecule has 0 bridgehead atoms. The quantitative estimate of drug-likeness (QED) is 0.616. The first-order chi connectivity index (χ1) is 15.2. The summed E-state index contributed by atoms with van der Waals surface area (Å²) in [6.45, 7) is 9.38. The van der Waals surface area contributed by atoms with Gasteiger partial charge in [0.15, 0.2) is 0 Å². The molecule has 5 heteroatoms. The van der Waals surface area contributed by atoms with Gasteiger partial charge in [0.25, 0.3) is 5.91 Å². The lowest BCUT2D eigenvalue weighted by atomic mass is 9.84. The zero-order valence-corrected chi connectivity index (χ0v) is 18.9. The Morgan fingerprint density at radius 3 is 2.12 bits per heavy atom. The number of aryl methyl sites for hydroxylation is 1. The summed E-state index contributed by atoms with van der Waals surface area (Å²) in [7, 11) is 0. The second kappa shape index (κ2) is 8.23. The normalized spacial score (nSPS) is 12.7. The van der Waals surface area contributed by atoms with Crippen LogP contribution in [-0.4, -0.2) is 16.7 Å². The molecule has 164 valence electrons. The van der Waals surface area contributed by atoms with Crippen LogP contribution in [0.25, 0.3) is 11.1 Å². The van der Waals surface area contributed by atoms with Gasteiger partial charge in [-0.25, -0.2) is 4.39 Å². The Morgan fingerprint density at radius 2 is 1.53 bits per heavy atom. The third kappa shape index (κ3) is 3.68. The summed E-state index contributed by atoms with van der Waals surface area (Å²) in [5.74, 6) is -1.72. The van der Waals surface area contributed by atoms with Crippen molar-refractivity contribution in [2.45, 2.75) is 47.2 Å². The van der Waals surface area contributed by atoms with Crippen LogP contribution >= 0.6 is 0 Å². The molecule has 1 heterocycles. The van der Waals surface area contributed by atoms with Crippen LogP contribution in [0.15, 0.2) is 42.5 Å².